The van der Waals surface area contributed by atoms with E-state index >= 15 is 0 Å². The second kappa shape index (κ2) is 10.3. The molecule has 0 aromatic rings. The second-order valence-electron chi connectivity index (χ2n) is 8.54. The van der Waals surface area contributed by atoms with E-state index in [-0.39, 0.29) is 35.0 Å². The summed E-state index contributed by atoms with van der Waals surface area (Å²) >= 11 is 0. The molecule has 3 atom stereocenters. The summed E-state index contributed by atoms with van der Waals surface area (Å²) < 4.78 is 11.9. The molecule has 0 aliphatic carbocycles. The molecule has 2 heterocycles. The van der Waals surface area contributed by atoms with Crippen LogP contribution in [0, 0.1) is 11.3 Å². The van der Waals surface area contributed by atoms with Gasteiger partial charge in [0.05, 0.1) is 18.2 Å². The van der Waals surface area contributed by atoms with Crippen molar-refractivity contribution in [1.29, 1.82) is 0 Å². The van der Waals surface area contributed by atoms with Crippen LogP contribution in [0.5, 0.6) is 0 Å². The van der Waals surface area contributed by atoms with Crippen molar-refractivity contribution in [2.75, 3.05) is 32.8 Å². The summed E-state index contributed by atoms with van der Waals surface area (Å²) in [6.07, 6.45) is 4.91. The monoisotopic (exact) mass is 467 g/mol. The molecule has 5 nitrogen and oxygen atoms in total. The number of nitrogens with one attached hydrogen (secondary N) is 2. The first-order valence-electron chi connectivity index (χ1n) is 9.62. The average Bonchev–Trinajstić information content (AvgIpc) is 2.96. The molecule has 0 aromatic heterocycles. The summed E-state index contributed by atoms with van der Waals surface area (Å²) in [4.78, 5) is 4.77. The fraction of sp³-hybridized carbons (Fsp3) is 0.947. The summed E-state index contributed by atoms with van der Waals surface area (Å²) in [5.74, 6) is 1.42. The number of nitrogens with zero attached hydrogens (tertiary/aromatic N) is 1. The Kier molecular flexibility index (Phi) is 9.46. The van der Waals surface area contributed by atoms with Crippen LogP contribution in [0.2, 0.25) is 0 Å². The highest BCUT2D eigenvalue weighted by molar-refractivity contribution is 14.0. The van der Waals surface area contributed by atoms with E-state index in [1.807, 2.05) is 0 Å². The highest BCUT2D eigenvalue weighted by Gasteiger charge is 2.35. The Morgan fingerprint density at radius 1 is 1.20 bits per heavy atom. The largest absolute Gasteiger partial charge is 0.377 e. The Labute approximate surface area is 171 Å². The highest BCUT2D eigenvalue weighted by Crippen LogP contribution is 2.33. The predicted octanol–water partition coefficient (Wildman–Crippen LogP) is 3.57. The molecular weight excluding hydrogens is 429 g/mol. The van der Waals surface area contributed by atoms with Gasteiger partial charge in [-0.3, -0.25) is 4.99 Å². The Bertz CT molecular complexity index is 417. The minimum Gasteiger partial charge on any atom is -0.377 e. The summed E-state index contributed by atoms with van der Waals surface area (Å²) in [6.45, 7) is 15.3. The smallest absolute Gasteiger partial charge is 0.191 e. The van der Waals surface area contributed by atoms with Gasteiger partial charge in [-0.15, -0.1) is 24.0 Å². The molecule has 2 aliphatic rings. The number of aliphatic imine (C=N–C) groups is 1. The molecule has 2 aliphatic heterocycles. The van der Waals surface area contributed by atoms with Gasteiger partial charge in [-0.05, 0) is 44.9 Å². The topological polar surface area (TPSA) is 54.9 Å². The lowest BCUT2D eigenvalue weighted by molar-refractivity contribution is -0.0835. The van der Waals surface area contributed by atoms with Gasteiger partial charge in [-0.25, -0.2) is 0 Å². The van der Waals surface area contributed by atoms with Crippen LogP contribution in [0.1, 0.15) is 60.3 Å². The van der Waals surface area contributed by atoms with Gasteiger partial charge in [0.1, 0.15) is 0 Å². The van der Waals surface area contributed by atoms with Crippen molar-refractivity contribution in [3.63, 3.8) is 0 Å². The van der Waals surface area contributed by atoms with Crippen LogP contribution in [-0.4, -0.2) is 50.5 Å². The SMILES string of the molecule is CCNC(=NCC1(C)CCCO1)NCC1CCCOC1C(C)(C)C.I. The Balaban J connectivity index is 0.00000312. The van der Waals surface area contributed by atoms with Crippen molar-refractivity contribution in [1.82, 2.24) is 10.6 Å². The van der Waals surface area contributed by atoms with E-state index in [4.69, 9.17) is 14.5 Å². The van der Waals surface area contributed by atoms with Crippen molar-refractivity contribution < 1.29 is 9.47 Å². The first-order chi connectivity index (χ1) is 11.3. The van der Waals surface area contributed by atoms with Gasteiger partial charge < -0.3 is 20.1 Å². The lowest BCUT2D eigenvalue weighted by Gasteiger charge is -2.40. The third kappa shape index (κ3) is 7.21. The molecule has 148 valence electrons. The van der Waals surface area contributed by atoms with Gasteiger partial charge in [-0.2, -0.15) is 0 Å². The van der Waals surface area contributed by atoms with Crippen LogP contribution in [0.25, 0.3) is 0 Å². The minimum absolute atomic E-state index is 0. The molecule has 0 bridgehead atoms. The molecule has 0 aromatic carbocycles. The van der Waals surface area contributed by atoms with E-state index in [0.717, 1.165) is 51.5 Å². The van der Waals surface area contributed by atoms with Crippen LogP contribution in [-0.2, 0) is 9.47 Å². The lowest BCUT2D eigenvalue weighted by atomic mass is 9.78. The normalized spacial score (nSPS) is 30.7. The summed E-state index contributed by atoms with van der Waals surface area (Å²) in [7, 11) is 0. The fourth-order valence-corrected chi connectivity index (χ4v) is 3.79. The molecule has 2 N–H and O–H groups in total. The predicted molar refractivity (Wildman–Crippen MR) is 115 cm³/mol. The standard InChI is InChI=1S/C19H37N3O2.HI/c1-6-20-17(22-14-19(5)10-8-12-24-19)21-13-15-9-7-11-23-16(15)18(2,3)4;/h15-16H,6-14H2,1-5H3,(H2,20,21,22);1H. The maximum atomic E-state index is 6.08. The Morgan fingerprint density at radius 2 is 1.96 bits per heavy atom. The zero-order valence-electron chi connectivity index (χ0n) is 16.7. The molecule has 3 unspecified atom stereocenters. The van der Waals surface area contributed by atoms with Crippen LogP contribution < -0.4 is 10.6 Å². The molecule has 0 amide bonds. The average molecular weight is 467 g/mol. The molecular formula is C19H38IN3O2. The van der Waals surface area contributed by atoms with E-state index < -0.39 is 0 Å². The van der Waals surface area contributed by atoms with Gasteiger partial charge in [0.15, 0.2) is 5.96 Å². The second-order valence-corrected chi connectivity index (χ2v) is 8.54. The van der Waals surface area contributed by atoms with Crippen molar-refractivity contribution in [2.45, 2.75) is 72.0 Å². The van der Waals surface area contributed by atoms with Crippen LogP contribution in [0.3, 0.4) is 0 Å². The lowest BCUT2D eigenvalue weighted by Crippen LogP contribution is -2.47. The minimum atomic E-state index is -0.0930. The van der Waals surface area contributed by atoms with Crippen LogP contribution in [0.4, 0.5) is 0 Å². The van der Waals surface area contributed by atoms with Gasteiger partial charge in [0, 0.05) is 32.2 Å². The number of ether oxygens (including phenoxy) is 2. The molecule has 0 saturated carbocycles. The van der Waals surface area contributed by atoms with E-state index in [0.29, 0.717) is 18.6 Å². The van der Waals surface area contributed by atoms with Gasteiger partial charge in [-0.1, -0.05) is 20.8 Å². The van der Waals surface area contributed by atoms with Crippen LogP contribution in [0.15, 0.2) is 4.99 Å². The van der Waals surface area contributed by atoms with Crippen molar-refractivity contribution in [3.8, 4) is 0 Å². The van der Waals surface area contributed by atoms with E-state index in [1.54, 1.807) is 0 Å². The summed E-state index contributed by atoms with van der Waals surface area (Å²) in [5, 5.41) is 6.90. The van der Waals surface area contributed by atoms with Crippen LogP contribution >= 0.6 is 24.0 Å². The molecule has 2 fully saturated rings. The first kappa shape index (κ1) is 23.0. The number of rotatable bonds is 5. The molecule has 0 spiro atoms. The number of hydrogen-bond donors (Lipinski definition) is 2. The molecule has 0 radical (unpaired) electrons. The van der Waals surface area contributed by atoms with E-state index in [9.17, 15) is 0 Å². The number of halogens is 1. The Hall–Kier alpha value is -0.0800. The molecule has 25 heavy (non-hydrogen) atoms. The van der Waals surface area contributed by atoms with E-state index in [2.05, 4.69) is 45.3 Å². The quantitative estimate of drug-likeness (QED) is 0.369. The zero-order chi connectivity index (χ0) is 17.6. The first-order valence-corrected chi connectivity index (χ1v) is 9.62. The van der Waals surface area contributed by atoms with Gasteiger partial charge in [0.2, 0.25) is 0 Å². The van der Waals surface area contributed by atoms with Gasteiger partial charge >= 0.3 is 0 Å². The third-order valence-corrected chi connectivity index (χ3v) is 5.05. The molecule has 2 saturated heterocycles. The molecule has 2 rings (SSSR count). The van der Waals surface area contributed by atoms with E-state index in [1.165, 1.54) is 6.42 Å². The summed E-state index contributed by atoms with van der Waals surface area (Å²) in [6, 6.07) is 0. The number of hydrogen-bond acceptors (Lipinski definition) is 3. The number of guanidine groups is 1. The summed E-state index contributed by atoms with van der Waals surface area (Å²) in [5.41, 5.74) is 0.0810. The fourth-order valence-electron chi connectivity index (χ4n) is 3.79. The van der Waals surface area contributed by atoms with Crippen molar-refractivity contribution in [2.24, 2.45) is 16.3 Å². The van der Waals surface area contributed by atoms with Crippen molar-refractivity contribution >= 4 is 29.9 Å². The Morgan fingerprint density at radius 3 is 2.56 bits per heavy atom. The third-order valence-electron chi connectivity index (χ3n) is 5.05. The van der Waals surface area contributed by atoms with Crippen molar-refractivity contribution in [3.05, 3.63) is 0 Å². The maximum Gasteiger partial charge on any atom is 0.191 e. The van der Waals surface area contributed by atoms with Gasteiger partial charge in [0.25, 0.3) is 0 Å². The zero-order valence-corrected chi connectivity index (χ0v) is 19.0. The highest BCUT2D eigenvalue weighted by atomic mass is 127. The molecule has 6 heteroatoms. The maximum absolute atomic E-state index is 6.08.